The van der Waals surface area contributed by atoms with E-state index in [4.69, 9.17) is 9.47 Å². The molecule has 0 bridgehead atoms. The van der Waals surface area contributed by atoms with Gasteiger partial charge in [0.1, 0.15) is 24.4 Å². The van der Waals surface area contributed by atoms with Gasteiger partial charge in [0, 0.05) is 6.42 Å². The number of carbonyl (C=O) groups is 1. The number of unbranched alkanes of at least 4 members (excludes halogenated alkanes) is 34. The maximum absolute atomic E-state index is 13.1. The van der Waals surface area contributed by atoms with Gasteiger partial charge in [-0.25, -0.2) is 0 Å². The van der Waals surface area contributed by atoms with Crippen molar-refractivity contribution in [2.45, 2.75) is 339 Å². The molecule has 0 aromatic rings. The highest BCUT2D eigenvalue weighted by molar-refractivity contribution is 5.76. The molecule has 1 fully saturated rings. The minimum Gasteiger partial charge on any atom is -0.394 e. The topological polar surface area (TPSA) is 149 Å². The predicted molar refractivity (Wildman–Crippen MR) is 345 cm³/mol. The van der Waals surface area contributed by atoms with Crippen LogP contribution in [-0.2, 0) is 14.3 Å². The third-order valence-corrected chi connectivity index (χ3v) is 15.6. The summed E-state index contributed by atoms with van der Waals surface area (Å²) in [4.78, 5) is 13.1. The van der Waals surface area contributed by atoms with Gasteiger partial charge in [-0.15, -0.1) is 0 Å². The lowest BCUT2D eigenvalue weighted by Crippen LogP contribution is -2.60. The highest BCUT2D eigenvalue weighted by Crippen LogP contribution is 2.23. The maximum Gasteiger partial charge on any atom is 0.220 e. The van der Waals surface area contributed by atoms with Crippen LogP contribution >= 0.6 is 0 Å². The fraction of sp³-hybridized carbons (Fsp3) is 0.764. The zero-order valence-electron chi connectivity index (χ0n) is 52.3. The van der Waals surface area contributed by atoms with Crippen LogP contribution in [0.1, 0.15) is 296 Å². The third kappa shape index (κ3) is 49.1. The van der Waals surface area contributed by atoms with Gasteiger partial charge in [-0.2, -0.15) is 0 Å². The molecule has 0 aromatic heterocycles. The minimum atomic E-state index is -1.57. The van der Waals surface area contributed by atoms with E-state index in [1.165, 1.54) is 199 Å². The molecule has 0 spiro atoms. The van der Waals surface area contributed by atoms with Crippen LogP contribution in [0.3, 0.4) is 0 Å². The first-order chi connectivity index (χ1) is 39.8. The van der Waals surface area contributed by atoms with Gasteiger partial charge in [-0.3, -0.25) is 4.79 Å². The molecule has 1 amide bonds. The summed E-state index contributed by atoms with van der Waals surface area (Å²) in [6.45, 7) is 3.66. The van der Waals surface area contributed by atoms with Crippen molar-refractivity contribution in [3.8, 4) is 0 Å². The van der Waals surface area contributed by atoms with Crippen LogP contribution in [0.15, 0.2) is 97.2 Å². The lowest BCUT2D eigenvalue weighted by atomic mass is 9.99. The van der Waals surface area contributed by atoms with Crippen molar-refractivity contribution in [2.24, 2.45) is 0 Å². The summed E-state index contributed by atoms with van der Waals surface area (Å²) in [6, 6.07) is -0.824. The number of ether oxygens (including phenoxy) is 2. The molecule has 9 nitrogen and oxygen atoms in total. The molecular formula is C72H127NO8. The molecule has 7 unspecified atom stereocenters. The van der Waals surface area contributed by atoms with E-state index in [1.807, 2.05) is 6.08 Å². The molecule has 0 saturated carbocycles. The first-order valence-electron chi connectivity index (χ1n) is 34.0. The highest BCUT2D eigenvalue weighted by atomic mass is 16.7. The lowest BCUT2D eigenvalue weighted by molar-refractivity contribution is -0.302. The van der Waals surface area contributed by atoms with E-state index in [2.05, 4.69) is 104 Å². The Morgan fingerprint density at radius 1 is 0.432 bits per heavy atom. The fourth-order valence-corrected chi connectivity index (χ4v) is 10.4. The molecule has 1 aliphatic rings. The van der Waals surface area contributed by atoms with Gasteiger partial charge in [0.05, 0.1) is 25.4 Å². The smallest absolute Gasteiger partial charge is 0.220 e. The van der Waals surface area contributed by atoms with Crippen molar-refractivity contribution in [1.82, 2.24) is 5.32 Å². The van der Waals surface area contributed by atoms with Crippen LogP contribution in [0.25, 0.3) is 0 Å². The number of hydrogen-bond donors (Lipinski definition) is 6. The molecule has 1 saturated heterocycles. The van der Waals surface area contributed by atoms with Crippen molar-refractivity contribution >= 4 is 5.91 Å². The second-order valence-electron chi connectivity index (χ2n) is 23.2. The van der Waals surface area contributed by atoms with E-state index >= 15 is 0 Å². The Morgan fingerprint density at radius 3 is 1.19 bits per heavy atom. The molecule has 0 aliphatic carbocycles. The fourth-order valence-electron chi connectivity index (χ4n) is 10.4. The van der Waals surface area contributed by atoms with Crippen LogP contribution in [0.4, 0.5) is 0 Å². The van der Waals surface area contributed by atoms with Crippen LogP contribution in [0.2, 0.25) is 0 Å². The Bertz CT molecular complexity index is 1600. The van der Waals surface area contributed by atoms with Gasteiger partial charge in [0.25, 0.3) is 0 Å². The number of hydrogen-bond acceptors (Lipinski definition) is 8. The summed E-state index contributed by atoms with van der Waals surface area (Å²) in [6.07, 6.45) is 80.9. The van der Waals surface area contributed by atoms with Gasteiger partial charge in [-0.1, -0.05) is 304 Å². The Balaban J connectivity index is 2.07. The molecule has 0 radical (unpaired) electrons. The zero-order chi connectivity index (χ0) is 58.6. The molecule has 1 heterocycles. The van der Waals surface area contributed by atoms with Crippen molar-refractivity contribution in [2.75, 3.05) is 13.2 Å². The largest absolute Gasteiger partial charge is 0.394 e. The monoisotopic (exact) mass is 1130 g/mol. The molecule has 468 valence electrons. The Morgan fingerprint density at radius 2 is 0.778 bits per heavy atom. The summed E-state index contributed by atoms with van der Waals surface area (Å²) in [5.74, 6) is -0.184. The van der Waals surface area contributed by atoms with Crippen molar-refractivity contribution in [1.29, 1.82) is 0 Å². The Hall–Kier alpha value is -2.89. The number of carbonyl (C=O) groups excluding carboxylic acids is 1. The van der Waals surface area contributed by atoms with Crippen LogP contribution in [-0.4, -0.2) is 87.5 Å². The minimum absolute atomic E-state index is 0.184. The number of aliphatic hydroxyl groups is 5. The maximum atomic E-state index is 13.1. The number of nitrogens with one attached hydrogen (secondary N) is 1. The van der Waals surface area contributed by atoms with Crippen molar-refractivity contribution in [3.05, 3.63) is 97.2 Å². The standard InChI is InChI=1S/C72H127NO8/c1-3-5-7-9-11-13-15-17-19-21-22-23-24-25-26-27-28-29-30-31-32-33-34-35-36-37-38-39-40-41-42-43-44-46-48-50-52-54-56-58-60-62-68(76)73-65(64-80-72-71(79)70(78)69(77)67(63-74)81-72)66(75)61-59-57-55-53-51-49-47-45-20-18-16-14-12-10-8-6-4-2/h5,7,11,13,17,19,22-23,25-26,28-29,51,53,59,61,65-67,69-72,74-75,77-79H,3-4,6,8-10,12,14-16,18,20-21,24,27,30-50,52,54-58,60,62-64H2,1-2H3,(H,73,76)/b7-5-,13-11-,19-17-,23-22-,26-25-,29-28-,53-51+,61-59+. The molecule has 1 aliphatic heterocycles. The van der Waals surface area contributed by atoms with Crippen molar-refractivity contribution in [3.63, 3.8) is 0 Å². The van der Waals surface area contributed by atoms with Gasteiger partial charge in [-0.05, 0) is 83.5 Å². The summed E-state index contributed by atoms with van der Waals surface area (Å²) in [5.41, 5.74) is 0. The average molecular weight is 1130 g/mol. The quantitative estimate of drug-likeness (QED) is 0.0261. The summed E-state index contributed by atoms with van der Waals surface area (Å²) < 4.78 is 11.3. The SMILES string of the molecule is CC/C=C\C/C=C\C/C=C\C/C=C\C/C=C\C/C=C\CCCCCCCCCCCCCCCCCCCCCCCCC(=O)NC(COC1OC(CO)C(O)C(O)C1O)C(O)/C=C/CC/C=C/CCCCCCCCCCCCC. The van der Waals surface area contributed by atoms with E-state index < -0.39 is 49.5 Å². The number of amides is 1. The summed E-state index contributed by atoms with van der Waals surface area (Å²) in [7, 11) is 0. The van der Waals surface area contributed by atoms with E-state index in [0.717, 1.165) is 77.0 Å². The number of aliphatic hydroxyl groups excluding tert-OH is 5. The first-order valence-corrected chi connectivity index (χ1v) is 34.0. The van der Waals surface area contributed by atoms with Crippen molar-refractivity contribution < 1.29 is 39.8 Å². The first kappa shape index (κ1) is 76.1. The second kappa shape index (κ2) is 60.2. The average Bonchev–Trinajstić information content (AvgIpc) is 3.49. The van der Waals surface area contributed by atoms with Gasteiger partial charge >= 0.3 is 0 Å². The van der Waals surface area contributed by atoms with Gasteiger partial charge in [0.2, 0.25) is 5.91 Å². The summed E-state index contributed by atoms with van der Waals surface area (Å²) >= 11 is 0. The molecule has 1 rings (SSSR count). The molecule has 7 atom stereocenters. The van der Waals surface area contributed by atoms with E-state index in [9.17, 15) is 30.3 Å². The van der Waals surface area contributed by atoms with Crippen LogP contribution in [0.5, 0.6) is 0 Å². The highest BCUT2D eigenvalue weighted by Gasteiger charge is 2.44. The van der Waals surface area contributed by atoms with E-state index in [1.54, 1.807) is 6.08 Å². The Kier molecular flexibility index (Phi) is 56.6. The second-order valence-corrected chi connectivity index (χ2v) is 23.2. The van der Waals surface area contributed by atoms with E-state index in [-0.39, 0.29) is 12.5 Å². The van der Waals surface area contributed by atoms with Gasteiger partial charge in [0.15, 0.2) is 6.29 Å². The van der Waals surface area contributed by atoms with Gasteiger partial charge < -0.3 is 40.3 Å². The molecular weight excluding hydrogens is 1010 g/mol. The molecule has 81 heavy (non-hydrogen) atoms. The summed E-state index contributed by atoms with van der Waals surface area (Å²) in [5, 5.41) is 54.6. The van der Waals surface area contributed by atoms with E-state index in [0.29, 0.717) is 6.42 Å². The molecule has 9 heteroatoms. The third-order valence-electron chi connectivity index (χ3n) is 15.6. The predicted octanol–water partition coefficient (Wildman–Crippen LogP) is 18.3. The lowest BCUT2D eigenvalue weighted by Gasteiger charge is -2.40. The normalized spacial score (nSPS) is 19.0. The molecule has 0 aromatic carbocycles. The number of rotatable bonds is 58. The van der Waals surface area contributed by atoms with Crippen LogP contribution < -0.4 is 5.32 Å². The Labute approximate surface area is 498 Å². The van der Waals surface area contributed by atoms with Crippen LogP contribution in [0, 0.1) is 0 Å². The zero-order valence-corrected chi connectivity index (χ0v) is 52.3. The number of allylic oxidation sites excluding steroid dienone is 15. The molecule has 6 N–H and O–H groups in total.